The van der Waals surface area contributed by atoms with Gasteiger partial charge in [0.1, 0.15) is 6.15 Å². The van der Waals surface area contributed by atoms with Crippen molar-refractivity contribution in [1.82, 2.24) is 0 Å². The van der Waals surface area contributed by atoms with E-state index in [4.69, 9.17) is 0 Å². The van der Waals surface area contributed by atoms with Crippen molar-refractivity contribution in [1.29, 1.82) is 0 Å². The van der Waals surface area contributed by atoms with Crippen molar-refractivity contribution in [2.24, 2.45) is 0 Å². The Morgan fingerprint density at radius 2 is 0.967 bits per heavy atom. The molecule has 2 heteroatoms. The van der Waals surface area contributed by atoms with Gasteiger partial charge in [0.25, 0.3) is 0 Å². The molecule has 0 saturated carbocycles. The highest BCUT2D eigenvalue weighted by molar-refractivity contribution is 7.19. The van der Waals surface area contributed by atoms with Crippen LogP contribution in [0.3, 0.4) is 0 Å². The zero-order valence-electron chi connectivity index (χ0n) is 18.2. The van der Waals surface area contributed by atoms with Gasteiger partial charge >= 0.3 is 0 Å². The maximum Gasteiger partial charge on any atom is 0.108 e. The maximum atomic E-state index is 2.45. The van der Waals surface area contributed by atoms with Crippen LogP contribution in [0.25, 0.3) is 0 Å². The first-order valence-electron chi connectivity index (χ1n) is 10.8. The molecule has 0 aliphatic rings. The van der Waals surface area contributed by atoms with Crippen molar-refractivity contribution >= 4 is 37.9 Å². The lowest BCUT2D eigenvalue weighted by Crippen LogP contribution is -2.74. The van der Waals surface area contributed by atoms with Crippen molar-refractivity contribution in [3.8, 4) is 0 Å². The van der Waals surface area contributed by atoms with E-state index >= 15 is 0 Å². The van der Waals surface area contributed by atoms with Crippen LogP contribution in [-0.4, -0.2) is 6.15 Å². The van der Waals surface area contributed by atoms with Crippen LogP contribution in [0.4, 0.5) is 0 Å². The summed E-state index contributed by atoms with van der Waals surface area (Å²) in [5.74, 6) is 0. The Morgan fingerprint density at radius 3 is 1.40 bits per heavy atom. The van der Waals surface area contributed by atoms with Crippen LogP contribution >= 0.6 is 9.90 Å². The van der Waals surface area contributed by atoms with Gasteiger partial charge in [-0.05, 0) is 22.7 Å². The fraction of sp³-hybridized carbons (Fsp3) is 0.143. The first kappa shape index (κ1) is 22.1. The Morgan fingerprint density at radius 1 is 0.533 bits per heavy atom. The molecule has 0 radical (unpaired) electrons. The molecule has 0 bridgehead atoms. The molecule has 0 saturated heterocycles. The lowest BCUT2D eigenvalue weighted by atomic mass is 9.13. The minimum atomic E-state index is -1.25. The van der Waals surface area contributed by atoms with Crippen LogP contribution in [0.15, 0.2) is 115 Å². The molecule has 0 N–H and O–H groups in total. The average molecular weight is 410 g/mol. The molecule has 0 aliphatic carbocycles. The largest absolute Gasteiger partial charge is 0.195 e. The SMILES string of the molecule is CCCCc1cccc([B-](c2ccccc2)(c2ccccc2)c2ccccc2)c1.[PH4+]. The van der Waals surface area contributed by atoms with Crippen LogP contribution in [0, 0.1) is 0 Å². The van der Waals surface area contributed by atoms with Gasteiger partial charge in [-0.1, -0.05) is 134 Å². The zero-order valence-corrected chi connectivity index (χ0v) is 20.2. The number of hydrogen-bond donors (Lipinski definition) is 0. The van der Waals surface area contributed by atoms with Gasteiger partial charge in [0.2, 0.25) is 0 Å². The van der Waals surface area contributed by atoms with Crippen LogP contribution in [0.1, 0.15) is 25.3 Å². The molecule has 4 rings (SSSR count). The predicted molar refractivity (Wildman–Crippen MR) is 141 cm³/mol. The topological polar surface area (TPSA) is 0 Å². The molecule has 0 aliphatic heterocycles. The van der Waals surface area contributed by atoms with Crippen LogP contribution in [0.5, 0.6) is 0 Å². The minimum Gasteiger partial charge on any atom is -0.195 e. The van der Waals surface area contributed by atoms with Crippen molar-refractivity contribution in [2.75, 3.05) is 0 Å². The van der Waals surface area contributed by atoms with E-state index in [1.54, 1.807) is 0 Å². The van der Waals surface area contributed by atoms with E-state index in [0.717, 1.165) is 6.42 Å². The fourth-order valence-electron chi connectivity index (χ4n) is 4.78. The lowest BCUT2D eigenvalue weighted by Gasteiger charge is -2.44. The molecular weight excluding hydrogens is 378 g/mol. The van der Waals surface area contributed by atoms with Crippen LogP contribution < -0.4 is 21.9 Å². The van der Waals surface area contributed by atoms with Crippen molar-refractivity contribution in [3.05, 3.63) is 121 Å². The highest BCUT2D eigenvalue weighted by Gasteiger charge is 2.31. The molecule has 4 aromatic rings. The van der Waals surface area contributed by atoms with E-state index in [2.05, 4.69) is 122 Å². The Balaban J connectivity index is 0.00000256. The van der Waals surface area contributed by atoms with Crippen LogP contribution in [-0.2, 0) is 6.42 Å². The second kappa shape index (κ2) is 10.4. The zero-order chi connectivity index (χ0) is 19.9. The first-order valence-corrected chi connectivity index (χ1v) is 10.8. The van der Waals surface area contributed by atoms with E-state index in [0.29, 0.717) is 0 Å². The molecule has 0 fully saturated rings. The number of rotatable bonds is 7. The van der Waals surface area contributed by atoms with Gasteiger partial charge in [-0.2, -0.15) is 21.9 Å². The van der Waals surface area contributed by atoms with Crippen molar-refractivity contribution in [2.45, 2.75) is 26.2 Å². The lowest BCUT2D eigenvalue weighted by molar-refractivity contribution is 0.795. The molecular formula is C28H32BP. The number of aryl methyl sites for hydroxylation is 1. The summed E-state index contributed by atoms with van der Waals surface area (Å²) in [5, 5.41) is 0. The van der Waals surface area contributed by atoms with E-state index in [-0.39, 0.29) is 9.90 Å². The Kier molecular flexibility index (Phi) is 7.66. The summed E-state index contributed by atoms with van der Waals surface area (Å²) in [7, 11) is 0. The second-order valence-corrected chi connectivity index (χ2v) is 7.95. The quantitative estimate of drug-likeness (QED) is 0.317. The highest BCUT2D eigenvalue weighted by Crippen LogP contribution is 2.12. The molecule has 4 aromatic carbocycles. The summed E-state index contributed by atoms with van der Waals surface area (Å²) in [5.41, 5.74) is 6.90. The summed E-state index contributed by atoms with van der Waals surface area (Å²) >= 11 is 0. The molecule has 1 atom stereocenters. The second-order valence-electron chi connectivity index (χ2n) is 7.95. The smallest absolute Gasteiger partial charge is 0.108 e. The summed E-state index contributed by atoms with van der Waals surface area (Å²) in [6, 6.07) is 42.4. The van der Waals surface area contributed by atoms with Gasteiger partial charge in [0, 0.05) is 0 Å². The van der Waals surface area contributed by atoms with E-state index in [1.807, 2.05) is 0 Å². The van der Waals surface area contributed by atoms with E-state index in [1.165, 1.54) is 40.3 Å². The Hall–Kier alpha value is -2.63. The molecule has 1 unspecified atom stereocenters. The molecule has 0 heterocycles. The monoisotopic (exact) mass is 410 g/mol. The number of hydrogen-bond acceptors (Lipinski definition) is 0. The maximum absolute atomic E-state index is 2.45. The minimum absolute atomic E-state index is 0. The summed E-state index contributed by atoms with van der Waals surface area (Å²) in [4.78, 5) is 0. The highest BCUT2D eigenvalue weighted by atomic mass is 31.0. The molecule has 0 amide bonds. The summed E-state index contributed by atoms with van der Waals surface area (Å²) in [6.07, 6.45) is 2.33. The third-order valence-electron chi connectivity index (χ3n) is 6.17. The summed E-state index contributed by atoms with van der Waals surface area (Å²) in [6.45, 7) is 2.26. The van der Waals surface area contributed by atoms with E-state index < -0.39 is 6.15 Å². The summed E-state index contributed by atoms with van der Waals surface area (Å²) < 4.78 is 0. The molecule has 0 aromatic heterocycles. The van der Waals surface area contributed by atoms with Gasteiger partial charge in [0.15, 0.2) is 0 Å². The molecule has 152 valence electrons. The van der Waals surface area contributed by atoms with Crippen molar-refractivity contribution in [3.63, 3.8) is 0 Å². The van der Waals surface area contributed by atoms with Crippen molar-refractivity contribution < 1.29 is 0 Å². The molecule has 0 nitrogen and oxygen atoms in total. The van der Waals surface area contributed by atoms with Crippen LogP contribution in [0.2, 0.25) is 0 Å². The Bertz CT molecular complexity index is 933. The fourth-order valence-corrected chi connectivity index (χ4v) is 4.78. The van der Waals surface area contributed by atoms with Gasteiger partial charge in [0.05, 0.1) is 0 Å². The van der Waals surface area contributed by atoms with Gasteiger partial charge in [-0.15, -0.1) is 0 Å². The van der Waals surface area contributed by atoms with E-state index in [9.17, 15) is 0 Å². The average Bonchev–Trinajstić information content (AvgIpc) is 2.81. The Labute approximate surface area is 184 Å². The van der Waals surface area contributed by atoms with Gasteiger partial charge < -0.3 is 0 Å². The standard InChI is InChI=1S/C28H28B.H3P/c1-2-3-14-24-15-13-22-28(23-24)29(25-16-7-4-8-17-25,26-18-9-5-10-19-26)27-20-11-6-12-21-27;/h4-13,15-23H,2-3,14H2,1H3;1H3/q-1;/p+1. The third-order valence-corrected chi connectivity index (χ3v) is 6.17. The van der Waals surface area contributed by atoms with Gasteiger partial charge in [-0.3, -0.25) is 0 Å². The number of benzene rings is 4. The normalized spacial score (nSPS) is 11.0. The first-order chi connectivity index (χ1) is 14.4. The van der Waals surface area contributed by atoms with Gasteiger partial charge in [-0.25, -0.2) is 0 Å². The number of unbranched alkanes of at least 4 members (excludes halogenated alkanes) is 1. The molecule has 0 spiro atoms. The predicted octanol–water partition coefficient (Wildman–Crippen LogP) is 4.20. The molecule has 30 heavy (non-hydrogen) atoms. The third kappa shape index (κ3) is 4.28.